The van der Waals surface area contributed by atoms with E-state index in [1.807, 2.05) is 0 Å². The highest BCUT2D eigenvalue weighted by molar-refractivity contribution is 5.83. The number of piperidine rings is 2. The summed E-state index contributed by atoms with van der Waals surface area (Å²) in [6, 6.07) is 11.6. The highest BCUT2D eigenvalue weighted by atomic mass is 15.2. The van der Waals surface area contributed by atoms with Crippen molar-refractivity contribution in [1.29, 1.82) is 0 Å². The highest BCUT2D eigenvalue weighted by Gasteiger charge is 2.46. The summed E-state index contributed by atoms with van der Waals surface area (Å²) in [5, 5.41) is 3.77. The van der Waals surface area contributed by atoms with Gasteiger partial charge in [-0.2, -0.15) is 0 Å². The van der Waals surface area contributed by atoms with E-state index >= 15 is 0 Å². The second-order valence-electron chi connectivity index (χ2n) is 6.89. The molecule has 3 heteroatoms. The summed E-state index contributed by atoms with van der Waals surface area (Å²) in [5.74, 6) is 2.95. The predicted octanol–water partition coefficient (Wildman–Crippen LogP) is 2.68. The summed E-state index contributed by atoms with van der Waals surface area (Å²) < 4.78 is 0. The van der Waals surface area contributed by atoms with Gasteiger partial charge in [-0.1, -0.05) is 30.3 Å². The van der Waals surface area contributed by atoms with Crippen molar-refractivity contribution in [3.8, 4) is 0 Å². The van der Waals surface area contributed by atoms with Crippen molar-refractivity contribution >= 4 is 5.84 Å². The van der Waals surface area contributed by atoms with Crippen LogP contribution in [0.3, 0.4) is 0 Å². The third kappa shape index (κ3) is 2.84. The van der Waals surface area contributed by atoms with Gasteiger partial charge in [0.25, 0.3) is 0 Å². The molecule has 1 aromatic rings. The maximum absolute atomic E-state index is 4.66. The lowest BCUT2D eigenvalue weighted by atomic mass is 9.66. The molecule has 2 saturated heterocycles. The SMILES string of the molecule is c1ccc(CN2CC3CC(C2)C3NC2=NCCCC2)cc1. The number of fused-ring (bicyclic) bond motifs is 2. The molecule has 2 unspecified atom stereocenters. The van der Waals surface area contributed by atoms with E-state index in [1.165, 1.54) is 50.2 Å². The molecule has 21 heavy (non-hydrogen) atoms. The van der Waals surface area contributed by atoms with Gasteiger partial charge in [-0.25, -0.2) is 0 Å². The molecule has 3 heterocycles. The first-order valence-corrected chi connectivity index (χ1v) is 8.44. The van der Waals surface area contributed by atoms with E-state index < -0.39 is 0 Å². The molecule has 1 aromatic carbocycles. The molecule has 0 radical (unpaired) electrons. The van der Waals surface area contributed by atoms with Gasteiger partial charge in [-0.3, -0.25) is 9.89 Å². The van der Waals surface area contributed by atoms with Gasteiger partial charge in [-0.15, -0.1) is 0 Å². The second kappa shape index (κ2) is 5.80. The monoisotopic (exact) mass is 283 g/mol. The summed E-state index contributed by atoms with van der Waals surface area (Å²) in [7, 11) is 0. The van der Waals surface area contributed by atoms with Crippen molar-refractivity contribution in [3.05, 3.63) is 35.9 Å². The van der Waals surface area contributed by atoms with Gasteiger partial charge in [-0.05, 0) is 36.7 Å². The normalized spacial score (nSPS) is 32.2. The van der Waals surface area contributed by atoms with E-state index in [-0.39, 0.29) is 0 Å². The molecule has 3 aliphatic heterocycles. The van der Waals surface area contributed by atoms with E-state index in [9.17, 15) is 0 Å². The summed E-state index contributed by atoms with van der Waals surface area (Å²) in [6.07, 6.45) is 5.17. The van der Waals surface area contributed by atoms with Gasteiger partial charge in [0.05, 0.1) is 5.84 Å². The fourth-order valence-electron chi connectivity index (χ4n) is 4.20. The average molecular weight is 283 g/mol. The quantitative estimate of drug-likeness (QED) is 0.923. The van der Waals surface area contributed by atoms with Crippen LogP contribution in [0.25, 0.3) is 0 Å². The third-order valence-corrected chi connectivity index (χ3v) is 5.31. The number of rotatable bonds is 3. The van der Waals surface area contributed by atoms with E-state index in [0.717, 1.165) is 24.9 Å². The lowest BCUT2D eigenvalue weighted by molar-refractivity contribution is -0.0106. The van der Waals surface area contributed by atoms with Crippen LogP contribution >= 0.6 is 0 Å². The Balaban J connectivity index is 1.32. The zero-order chi connectivity index (χ0) is 14.1. The molecular formula is C18H25N3. The number of benzene rings is 1. The molecule has 1 saturated carbocycles. The Morgan fingerprint density at radius 3 is 2.62 bits per heavy atom. The van der Waals surface area contributed by atoms with E-state index in [0.29, 0.717) is 6.04 Å². The minimum Gasteiger partial charge on any atom is -0.370 e. The zero-order valence-electron chi connectivity index (χ0n) is 12.7. The average Bonchev–Trinajstić information content (AvgIpc) is 2.55. The van der Waals surface area contributed by atoms with Crippen LogP contribution < -0.4 is 5.32 Å². The van der Waals surface area contributed by atoms with Gasteiger partial charge >= 0.3 is 0 Å². The van der Waals surface area contributed by atoms with Crippen molar-refractivity contribution < 1.29 is 0 Å². The maximum atomic E-state index is 4.66. The third-order valence-electron chi connectivity index (χ3n) is 5.31. The van der Waals surface area contributed by atoms with Crippen LogP contribution in [0.4, 0.5) is 0 Å². The summed E-state index contributed by atoms with van der Waals surface area (Å²) >= 11 is 0. The smallest absolute Gasteiger partial charge is 0.0965 e. The second-order valence-corrected chi connectivity index (χ2v) is 6.89. The largest absolute Gasteiger partial charge is 0.370 e. The fourth-order valence-corrected chi connectivity index (χ4v) is 4.20. The Morgan fingerprint density at radius 2 is 1.90 bits per heavy atom. The number of nitrogens with one attached hydrogen (secondary N) is 1. The van der Waals surface area contributed by atoms with Crippen LogP contribution in [-0.4, -0.2) is 36.4 Å². The molecule has 1 aliphatic carbocycles. The van der Waals surface area contributed by atoms with Gasteiger partial charge in [0, 0.05) is 38.6 Å². The highest BCUT2D eigenvalue weighted by Crippen LogP contribution is 2.40. The molecule has 2 atom stereocenters. The Bertz CT molecular complexity index is 498. The molecule has 3 fully saturated rings. The van der Waals surface area contributed by atoms with Crippen LogP contribution in [0.2, 0.25) is 0 Å². The number of aliphatic imine (C=N–C) groups is 1. The first-order valence-electron chi connectivity index (χ1n) is 8.44. The fraction of sp³-hybridized carbons (Fsp3) is 0.611. The molecule has 4 aliphatic rings. The molecule has 2 bridgehead atoms. The van der Waals surface area contributed by atoms with Crippen molar-refractivity contribution in [2.24, 2.45) is 16.8 Å². The molecule has 3 nitrogen and oxygen atoms in total. The molecule has 112 valence electrons. The summed E-state index contributed by atoms with van der Waals surface area (Å²) in [6.45, 7) is 4.64. The van der Waals surface area contributed by atoms with Crippen LogP contribution in [-0.2, 0) is 6.54 Å². The Kier molecular flexibility index (Phi) is 3.68. The number of nitrogens with zero attached hydrogens (tertiary/aromatic N) is 2. The number of amidine groups is 1. The number of hydrogen-bond acceptors (Lipinski definition) is 3. The Hall–Kier alpha value is -1.35. The molecule has 1 N–H and O–H groups in total. The molecule has 0 aromatic heterocycles. The first-order chi connectivity index (χ1) is 10.4. The topological polar surface area (TPSA) is 27.6 Å². The van der Waals surface area contributed by atoms with Gasteiger partial charge < -0.3 is 5.32 Å². The first kappa shape index (κ1) is 13.3. The van der Waals surface area contributed by atoms with Crippen LogP contribution in [0, 0.1) is 11.8 Å². The minimum absolute atomic E-state index is 0.703. The van der Waals surface area contributed by atoms with Crippen molar-refractivity contribution in [1.82, 2.24) is 10.2 Å². The maximum Gasteiger partial charge on any atom is 0.0965 e. The lowest BCUT2D eigenvalue weighted by Crippen LogP contribution is -2.64. The molecular weight excluding hydrogens is 258 g/mol. The van der Waals surface area contributed by atoms with Crippen LogP contribution in [0.15, 0.2) is 35.3 Å². The molecule has 0 amide bonds. The van der Waals surface area contributed by atoms with E-state index in [1.54, 1.807) is 0 Å². The predicted molar refractivity (Wildman–Crippen MR) is 86.4 cm³/mol. The van der Waals surface area contributed by atoms with E-state index in [4.69, 9.17) is 0 Å². The molecule has 5 rings (SSSR count). The molecule has 0 spiro atoms. The Morgan fingerprint density at radius 1 is 1.10 bits per heavy atom. The van der Waals surface area contributed by atoms with Crippen molar-refractivity contribution in [3.63, 3.8) is 0 Å². The van der Waals surface area contributed by atoms with Crippen molar-refractivity contribution in [2.75, 3.05) is 19.6 Å². The lowest BCUT2D eigenvalue weighted by Gasteiger charge is -2.54. The zero-order valence-corrected chi connectivity index (χ0v) is 12.7. The van der Waals surface area contributed by atoms with Crippen molar-refractivity contribution in [2.45, 2.75) is 38.3 Å². The van der Waals surface area contributed by atoms with Crippen LogP contribution in [0.5, 0.6) is 0 Å². The summed E-state index contributed by atoms with van der Waals surface area (Å²) in [5.41, 5.74) is 1.44. The number of hydrogen-bond donors (Lipinski definition) is 1. The minimum atomic E-state index is 0.703. The standard InChI is InChI=1S/C18H25N3/c1-2-6-14(7-3-1)11-21-12-15-10-16(13-21)18(15)20-17-8-4-5-9-19-17/h1-3,6-7,15-16,18H,4-5,8-13H2,(H,19,20). The Labute approximate surface area is 127 Å². The van der Waals surface area contributed by atoms with Gasteiger partial charge in [0.15, 0.2) is 0 Å². The van der Waals surface area contributed by atoms with E-state index in [2.05, 4.69) is 45.5 Å². The van der Waals surface area contributed by atoms with Gasteiger partial charge in [0.1, 0.15) is 0 Å². The van der Waals surface area contributed by atoms with Gasteiger partial charge in [0.2, 0.25) is 0 Å². The van der Waals surface area contributed by atoms with Crippen LogP contribution in [0.1, 0.15) is 31.2 Å². The summed E-state index contributed by atoms with van der Waals surface area (Å²) in [4.78, 5) is 7.29.